The quantitative estimate of drug-likeness (QED) is 0.568. The van der Waals surface area contributed by atoms with Gasteiger partial charge in [0.15, 0.2) is 0 Å². The van der Waals surface area contributed by atoms with Gasteiger partial charge in [-0.1, -0.05) is 6.08 Å². The fourth-order valence-corrected chi connectivity index (χ4v) is 4.29. The third kappa shape index (κ3) is 2.94. The van der Waals surface area contributed by atoms with Gasteiger partial charge < -0.3 is 21.1 Å². The number of anilines is 2. The molecule has 0 bridgehead atoms. The lowest BCUT2D eigenvalue weighted by atomic mass is 10.3. The maximum atomic E-state index is 12.1. The summed E-state index contributed by atoms with van der Waals surface area (Å²) in [6, 6.07) is 0. The van der Waals surface area contributed by atoms with Crippen LogP contribution in [0.4, 0.5) is 10.7 Å². The van der Waals surface area contributed by atoms with E-state index >= 15 is 0 Å². The van der Waals surface area contributed by atoms with Gasteiger partial charge in [-0.05, 0) is 12.7 Å². The summed E-state index contributed by atoms with van der Waals surface area (Å²) in [5.74, 6) is -0.173. The van der Waals surface area contributed by atoms with Gasteiger partial charge in [0.2, 0.25) is 0 Å². The first-order chi connectivity index (χ1) is 9.58. The van der Waals surface area contributed by atoms with Crippen LogP contribution in [0.5, 0.6) is 0 Å². The molecule has 0 radical (unpaired) electrons. The number of aliphatic hydroxyl groups excluding tert-OH is 1. The van der Waals surface area contributed by atoms with E-state index in [4.69, 9.17) is 5.73 Å². The third-order valence-electron chi connectivity index (χ3n) is 3.15. The second-order valence-electron chi connectivity index (χ2n) is 4.57. The number of β-amino-alcohol motifs (C(OH)–C–C–N with tert-alkyl or cyclic N) is 1. The van der Waals surface area contributed by atoms with Crippen LogP contribution in [0.2, 0.25) is 0 Å². The molecule has 2 rings (SSSR count). The largest absolute Gasteiger partial charge is 0.396 e. The smallest absolute Gasteiger partial charge is 0.263 e. The van der Waals surface area contributed by atoms with E-state index < -0.39 is 0 Å². The van der Waals surface area contributed by atoms with Crippen molar-refractivity contribution in [3.8, 4) is 0 Å². The van der Waals surface area contributed by atoms with Crippen LogP contribution in [0.15, 0.2) is 17.6 Å². The van der Waals surface area contributed by atoms with Gasteiger partial charge in [0.05, 0.1) is 16.7 Å². The number of thiophene rings is 1. The molecule has 0 saturated carbocycles. The molecule has 1 fully saturated rings. The zero-order chi connectivity index (χ0) is 14.7. The normalized spacial score (nSPS) is 18.3. The number of nitrogen functional groups attached to an aromatic ring is 1. The molecule has 1 aliphatic rings. The topological polar surface area (TPSA) is 78.6 Å². The fraction of sp³-hybridized carbons (Fsp3) is 0.462. The zero-order valence-electron chi connectivity index (χ0n) is 11.4. The molecule has 0 aromatic carbocycles. The van der Waals surface area contributed by atoms with E-state index in [1.165, 1.54) is 23.1 Å². The highest BCUT2D eigenvalue weighted by Gasteiger charge is 2.28. The van der Waals surface area contributed by atoms with Gasteiger partial charge in [-0.3, -0.25) is 4.79 Å². The minimum absolute atomic E-state index is 0.173. The monoisotopic (exact) mass is 313 g/mol. The van der Waals surface area contributed by atoms with Crippen LogP contribution in [-0.2, 0) is 0 Å². The molecule has 1 unspecified atom stereocenters. The van der Waals surface area contributed by atoms with Crippen molar-refractivity contribution in [2.45, 2.75) is 17.4 Å². The van der Waals surface area contributed by atoms with Crippen LogP contribution >= 0.6 is 23.1 Å². The first-order valence-corrected chi connectivity index (χ1v) is 8.41. The predicted octanol–water partition coefficient (Wildman–Crippen LogP) is 1.54. The average molecular weight is 313 g/mol. The second kappa shape index (κ2) is 6.51. The Labute approximate surface area is 126 Å². The summed E-state index contributed by atoms with van der Waals surface area (Å²) in [6.07, 6.45) is 4.03. The van der Waals surface area contributed by atoms with Crippen molar-refractivity contribution in [3.63, 3.8) is 0 Å². The van der Waals surface area contributed by atoms with E-state index in [2.05, 4.69) is 16.8 Å². The number of aliphatic hydroxyl groups is 1. The molecule has 110 valence electrons. The summed E-state index contributed by atoms with van der Waals surface area (Å²) in [4.78, 5) is 15.6. The van der Waals surface area contributed by atoms with Gasteiger partial charge in [-0.15, -0.1) is 29.7 Å². The lowest BCUT2D eigenvalue weighted by Crippen LogP contribution is -2.23. The van der Waals surface area contributed by atoms with Crippen molar-refractivity contribution in [1.29, 1.82) is 0 Å². The molecule has 7 heteroatoms. The fourth-order valence-electron chi connectivity index (χ4n) is 2.16. The highest BCUT2D eigenvalue weighted by molar-refractivity contribution is 7.99. The number of nitrogens with zero attached hydrogens (tertiary/aromatic N) is 1. The summed E-state index contributed by atoms with van der Waals surface area (Å²) in [5, 5.41) is 13.4. The third-order valence-corrected chi connectivity index (χ3v) is 5.37. The van der Waals surface area contributed by atoms with E-state index in [0.717, 1.165) is 22.9 Å². The summed E-state index contributed by atoms with van der Waals surface area (Å²) < 4.78 is 0. The van der Waals surface area contributed by atoms with Crippen LogP contribution < -0.4 is 16.0 Å². The van der Waals surface area contributed by atoms with Crippen molar-refractivity contribution in [2.24, 2.45) is 0 Å². The van der Waals surface area contributed by atoms with Crippen LogP contribution in [0.3, 0.4) is 0 Å². The number of hydrogen-bond acceptors (Lipinski definition) is 6. The molecule has 0 spiro atoms. The Bertz CT molecular complexity index is 516. The van der Waals surface area contributed by atoms with E-state index in [1.54, 1.807) is 6.08 Å². The molecule has 1 aromatic rings. The van der Waals surface area contributed by atoms with Gasteiger partial charge >= 0.3 is 0 Å². The van der Waals surface area contributed by atoms with E-state index in [-0.39, 0.29) is 12.0 Å². The first-order valence-electron chi connectivity index (χ1n) is 6.36. The van der Waals surface area contributed by atoms with Crippen molar-refractivity contribution < 1.29 is 9.90 Å². The first kappa shape index (κ1) is 15.2. The Morgan fingerprint density at radius 3 is 3.05 bits per heavy atom. The van der Waals surface area contributed by atoms with Gasteiger partial charge in [0.1, 0.15) is 9.88 Å². The van der Waals surface area contributed by atoms with E-state index in [9.17, 15) is 9.90 Å². The predicted molar refractivity (Wildman–Crippen MR) is 85.9 cm³/mol. The standard InChI is InChI=1S/C13H19N3O2S2/c1-3-5-15-12(18)10-9(14)11(19-2)13(20-10)16-6-4-8(17)7-16/h3,8,17H,1,4-7,14H2,2H3,(H,15,18). The lowest BCUT2D eigenvalue weighted by Gasteiger charge is -2.16. The molecule has 0 aliphatic carbocycles. The Morgan fingerprint density at radius 2 is 2.50 bits per heavy atom. The number of thioether (sulfide) groups is 1. The number of nitrogens with one attached hydrogen (secondary N) is 1. The number of carbonyl (C=O) groups is 1. The number of nitrogens with two attached hydrogens (primary N) is 1. The van der Waals surface area contributed by atoms with Crippen LogP contribution in [0, 0.1) is 0 Å². The zero-order valence-corrected chi connectivity index (χ0v) is 13.0. The van der Waals surface area contributed by atoms with E-state index in [1.807, 2.05) is 6.26 Å². The minimum atomic E-state index is -0.300. The van der Waals surface area contributed by atoms with Gasteiger partial charge in [-0.2, -0.15) is 0 Å². The Balaban J connectivity index is 2.29. The van der Waals surface area contributed by atoms with Crippen LogP contribution in [0.1, 0.15) is 16.1 Å². The number of rotatable bonds is 5. The average Bonchev–Trinajstić information content (AvgIpc) is 2.99. The highest BCUT2D eigenvalue weighted by atomic mass is 32.2. The molecule has 1 aliphatic heterocycles. The number of amides is 1. The number of hydrogen-bond donors (Lipinski definition) is 3. The molecule has 4 N–H and O–H groups in total. The lowest BCUT2D eigenvalue weighted by molar-refractivity contribution is 0.0962. The second-order valence-corrected chi connectivity index (χ2v) is 6.39. The van der Waals surface area contributed by atoms with Gasteiger partial charge in [0.25, 0.3) is 5.91 Å². The Kier molecular flexibility index (Phi) is 4.95. The maximum Gasteiger partial charge on any atom is 0.263 e. The highest BCUT2D eigenvalue weighted by Crippen LogP contribution is 2.44. The Hall–Kier alpha value is -1.18. The SMILES string of the molecule is C=CCNC(=O)c1sc(N2CCC(O)C2)c(SC)c1N. The molecular formula is C13H19N3O2S2. The van der Waals surface area contributed by atoms with Crippen LogP contribution in [0.25, 0.3) is 0 Å². The minimum Gasteiger partial charge on any atom is -0.396 e. The summed E-state index contributed by atoms with van der Waals surface area (Å²) in [7, 11) is 0. The molecule has 20 heavy (non-hydrogen) atoms. The van der Waals surface area contributed by atoms with Crippen molar-refractivity contribution in [1.82, 2.24) is 5.32 Å². The Morgan fingerprint density at radius 1 is 1.75 bits per heavy atom. The summed E-state index contributed by atoms with van der Waals surface area (Å²) in [6.45, 7) is 5.39. The molecule has 1 atom stereocenters. The summed E-state index contributed by atoms with van der Waals surface area (Å²) >= 11 is 2.93. The van der Waals surface area contributed by atoms with Gasteiger partial charge in [0, 0.05) is 19.6 Å². The van der Waals surface area contributed by atoms with Crippen LogP contribution in [-0.4, -0.2) is 43.0 Å². The van der Waals surface area contributed by atoms with Crippen molar-refractivity contribution in [3.05, 3.63) is 17.5 Å². The molecule has 1 amide bonds. The van der Waals surface area contributed by atoms with Gasteiger partial charge in [-0.25, -0.2) is 0 Å². The van der Waals surface area contributed by atoms with Crippen molar-refractivity contribution >= 4 is 39.7 Å². The van der Waals surface area contributed by atoms with Crippen molar-refractivity contribution in [2.75, 3.05) is 36.5 Å². The number of carbonyl (C=O) groups excluding carboxylic acids is 1. The summed E-state index contributed by atoms with van der Waals surface area (Å²) in [5.41, 5.74) is 6.63. The molecular weight excluding hydrogens is 294 g/mol. The molecule has 1 saturated heterocycles. The molecule has 5 nitrogen and oxygen atoms in total. The molecule has 2 heterocycles. The maximum absolute atomic E-state index is 12.1. The molecule has 1 aromatic heterocycles. The van der Waals surface area contributed by atoms with E-state index in [0.29, 0.717) is 23.7 Å².